The minimum absolute atomic E-state index is 0.331. The fourth-order valence-electron chi connectivity index (χ4n) is 1.84. The molecular weight excluding hydrogens is 204 g/mol. The molecule has 0 spiro atoms. The Kier molecular flexibility index (Phi) is 9.92. The average Bonchev–Trinajstić information content (AvgIpc) is 2.15. The molecule has 4 N–H and O–H groups in total. The minimum atomic E-state index is -0.331. The van der Waals surface area contributed by atoms with Crippen molar-refractivity contribution >= 4 is 0 Å². The van der Waals surface area contributed by atoms with Crippen LogP contribution in [0, 0.1) is 0 Å². The maximum atomic E-state index is 9.34. The second kappa shape index (κ2) is 10.0. The first-order valence-corrected chi connectivity index (χ1v) is 6.34. The smallest absolute Gasteiger partial charge is 0.0639 e. The molecule has 0 aromatic carbocycles. The lowest BCUT2D eigenvalue weighted by Crippen LogP contribution is -2.36. The Morgan fingerprint density at radius 3 is 1.88 bits per heavy atom. The zero-order chi connectivity index (χ0) is 12.4. The van der Waals surface area contributed by atoms with Gasteiger partial charge in [-0.15, -0.1) is 0 Å². The van der Waals surface area contributed by atoms with Crippen molar-refractivity contribution in [3.8, 4) is 0 Å². The molecule has 0 aliphatic rings. The summed E-state index contributed by atoms with van der Waals surface area (Å²) in [5.74, 6) is 0. The van der Waals surface area contributed by atoms with Gasteiger partial charge in [0.1, 0.15) is 0 Å². The molecule has 2 unspecified atom stereocenters. The van der Waals surface area contributed by atoms with Crippen molar-refractivity contribution in [2.75, 3.05) is 26.2 Å². The summed E-state index contributed by atoms with van der Waals surface area (Å²) < 4.78 is 0. The largest absolute Gasteiger partial charge is 0.392 e. The maximum absolute atomic E-state index is 9.34. The monoisotopic (exact) mass is 232 g/mol. The molecule has 0 aromatic rings. The fourth-order valence-corrected chi connectivity index (χ4v) is 1.84. The molecule has 0 rings (SSSR count). The van der Waals surface area contributed by atoms with Crippen LogP contribution < -0.4 is 5.73 Å². The summed E-state index contributed by atoms with van der Waals surface area (Å²) in [5.41, 5.74) is 5.43. The van der Waals surface area contributed by atoms with Gasteiger partial charge in [-0.3, -0.25) is 4.90 Å². The van der Waals surface area contributed by atoms with E-state index in [1.165, 1.54) is 12.8 Å². The molecule has 0 radical (unpaired) electrons. The van der Waals surface area contributed by atoms with Crippen molar-refractivity contribution in [1.82, 2.24) is 4.90 Å². The molecule has 0 fully saturated rings. The Hall–Kier alpha value is -0.160. The van der Waals surface area contributed by atoms with Gasteiger partial charge in [0.25, 0.3) is 0 Å². The third kappa shape index (κ3) is 10.4. The van der Waals surface area contributed by atoms with Crippen LogP contribution in [0.4, 0.5) is 0 Å². The first kappa shape index (κ1) is 15.8. The van der Waals surface area contributed by atoms with Crippen molar-refractivity contribution in [3.05, 3.63) is 0 Å². The SMILES string of the molecule is CC(O)CN(CCCCCCN)CC(C)O. The van der Waals surface area contributed by atoms with Crippen molar-refractivity contribution in [3.63, 3.8) is 0 Å². The van der Waals surface area contributed by atoms with Gasteiger partial charge in [0.2, 0.25) is 0 Å². The second-order valence-electron chi connectivity index (χ2n) is 4.66. The highest BCUT2D eigenvalue weighted by Crippen LogP contribution is 2.03. The van der Waals surface area contributed by atoms with Crippen LogP contribution in [0.2, 0.25) is 0 Å². The van der Waals surface area contributed by atoms with Gasteiger partial charge in [-0.2, -0.15) is 0 Å². The van der Waals surface area contributed by atoms with Crippen LogP contribution in [0.5, 0.6) is 0 Å². The Morgan fingerprint density at radius 2 is 1.44 bits per heavy atom. The van der Waals surface area contributed by atoms with Crippen molar-refractivity contribution < 1.29 is 10.2 Å². The van der Waals surface area contributed by atoms with Crippen LogP contribution in [0.1, 0.15) is 39.5 Å². The standard InChI is InChI=1S/C12H28N2O2/c1-11(15)9-14(10-12(2)16)8-6-4-3-5-7-13/h11-12,15-16H,3-10,13H2,1-2H3. The van der Waals surface area contributed by atoms with Crippen LogP contribution in [0.25, 0.3) is 0 Å². The summed E-state index contributed by atoms with van der Waals surface area (Å²) in [6, 6.07) is 0. The van der Waals surface area contributed by atoms with Gasteiger partial charge in [-0.05, 0) is 39.8 Å². The third-order valence-electron chi connectivity index (χ3n) is 2.47. The van der Waals surface area contributed by atoms with Crippen molar-refractivity contribution in [2.24, 2.45) is 5.73 Å². The predicted molar refractivity (Wildman–Crippen MR) is 67.3 cm³/mol. The maximum Gasteiger partial charge on any atom is 0.0639 e. The lowest BCUT2D eigenvalue weighted by Gasteiger charge is -2.24. The number of aliphatic hydroxyl groups excluding tert-OH is 2. The number of hydrogen-bond acceptors (Lipinski definition) is 4. The van der Waals surface area contributed by atoms with Gasteiger partial charge in [-0.25, -0.2) is 0 Å². The van der Waals surface area contributed by atoms with E-state index in [9.17, 15) is 10.2 Å². The number of hydrogen-bond donors (Lipinski definition) is 3. The topological polar surface area (TPSA) is 69.7 Å². The highest BCUT2D eigenvalue weighted by atomic mass is 16.3. The minimum Gasteiger partial charge on any atom is -0.392 e. The first-order chi connectivity index (χ1) is 7.56. The van der Waals surface area contributed by atoms with E-state index in [4.69, 9.17) is 5.73 Å². The van der Waals surface area contributed by atoms with E-state index in [1.54, 1.807) is 13.8 Å². The Balaban J connectivity index is 3.65. The lowest BCUT2D eigenvalue weighted by atomic mass is 10.2. The molecule has 0 saturated carbocycles. The molecule has 98 valence electrons. The van der Waals surface area contributed by atoms with Gasteiger partial charge < -0.3 is 15.9 Å². The highest BCUT2D eigenvalue weighted by molar-refractivity contribution is 4.64. The number of aliphatic hydroxyl groups is 2. The normalized spacial score (nSPS) is 15.4. The summed E-state index contributed by atoms with van der Waals surface area (Å²) in [6.45, 7) is 6.56. The van der Waals surface area contributed by atoms with E-state index in [1.807, 2.05) is 0 Å². The number of unbranched alkanes of at least 4 members (excludes halogenated alkanes) is 3. The van der Waals surface area contributed by atoms with Gasteiger partial charge >= 0.3 is 0 Å². The molecule has 0 aromatic heterocycles. The van der Waals surface area contributed by atoms with E-state index in [2.05, 4.69) is 4.90 Å². The summed E-state index contributed by atoms with van der Waals surface area (Å²) in [7, 11) is 0. The molecule has 0 bridgehead atoms. The van der Waals surface area contributed by atoms with Crippen LogP contribution in [0.3, 0.4) is 0 Å². The molecule has 0 heterocycles. The molecule has 0 aliphatic carbocycles. The molecular formula is C12H28N2O2. The zero-order valence-corrected chi connectivity index (χ0v) is 10.7. The van der Waals surface area contributed by atoms with E-state index >= 15 is 0 Å². The number of nitrogens with two attached hydrogens (primary N) is 1. The highest BCUT2D eigenvalue weighted by Gasteiger charge is 2.10. The van der Waals surface area contributed by atoms with Crippen LogP contribution >= 0.6 is 0 Å². The van der Waals surface area contributed by atoms with E-state index in [0.29, 0.717) is 13.1 Å². The van der Waals surface area contributed by atoms with Crippen molar-refractivity contribution in [2.45, 2.75) is 51.7 Å². The van der Waals surface area contributed by atoms with Gasteiger partial charge in [0.05, 0.1) is 12.2 Å². The fraction of sp³-hybridized carbons (Fsp3) is 1.00. The van der Waals surface area contributed by atoms with E-state index in [-0.39, 0.29) is 12.2 Å². The van der Waals surface area contributed by atoms with Crippen LogP contribution in [0.15, 0.2) is 0 Å². The van der Waals surface area contributed by atoms with Gasteiger partial charge in [0, 0.05) is 13.1 Å². The van der Waals surface area contributed by atoms with Crippen molar-refractivity contribution in [1.29, 1.82) is 0 Å². The number of rotatable bonds is 10. The average molecular weight is 232 g/mol. The molecule has 4 heteroatoms. The summed E-state index contributed by atoms with van der Waals surface area (Å²) in [5, 5.41) is 18.7. The second-order valence-corrected chi connectivity index (χ2v) is 4.66. The third-order valence-corrected chi connectivity index (χ3v) is 2.47. The van der Waals surface area contributed by atoms with Gasteiger partial charge in [-0.1, -0.05) is 12.8 Å². The Labute approximate surface area is 99.4 Å². The molecule has 0 amide bonds. The molecule has 4 nitrogen and oxygen atoms in total. The van der Waals surface area contributed by atoms with Crippen LogP contribution in [-0.4, -0.2) is 53.5 Å². The summed E-state index contributed by atoms with van der Waals surface area (Å²) in [6.07, 6.45) is 3.89. The molecule has 2 atom stereocenters. The molecule has 0 aliphatic heterocycles. The quantitative estimate of drug-likeness (QED) is 0.482. The van der Waals surface area contributed by atoms with E-state index < -0.39 is 0 Å². The Bertz CT molecular complexity index is 142. The predicted octanol–water partition coefficient (Wildman–Crippen LogP) is 0.569. The lowest BCUT2D eigenvalue weighted by molar-refractivity contribution is 0.0825. The summed E-state index contributed by atoms with van der Waals surface area (Å²) >= 11 is 0. The van der Waals surface area contributed by atoms with E-state index in [0.717, 1.165) is 25.9 Å². The molecule has 0 saturated heterocycles. The zero-order valence-electron chi connectivity index (χ0n) is 10.7. The molecule has 16 heavy (non-hydrogen) atoms. The van der Waals surface area contributed by atoms with Gasteiger partial charge in [0.15, 0.2) is 0 Å². The summed E-state index contributed by atoms with van der Waals surface area (Å²) in [4.78, 5) is 2.12. The van der Waals surface area contributed by atoms with Crippen LogP contribution in [-0.2, 0) is 0 Å². The first-order valence-electron chi connectivity index (χ1n) is 6.34. The number of nitrogens with zero attached hydrogens (tertiary/aromatic N) is 1. The Morgan fingerprint density at radius 1 is 0.938 bits per heavy atom.